The molecule has 2 N–H and O–H groups in total. The van der Waals surface area contributed by atoms with Crippen molar-refractivity contribution in [3.05, 3.63) is 63.2 Å². The van der Waals surface area contributed by atoms with Crippen molar-refractivity contribution in [2.75, 3.05) is 16.7 Å². The Kier molecular flexibility index (Phi) is 3.75. The zero-order valence-electron chi connectivity index (χ0n) is 15.1. The maximum atomic E-state index is 12.3. The fraction of sp³-hybridized carbons (Fsp3) is 0.400. The molecular weight excluding hydrogens is 362 g/mol. The lowest BCUT2D eigenvalue weighted by atomic mass is 9.69. The maximum absolute atomic E-state index is 12.3. The lowest BCUT2D eigenvalue weighted by molar-refractivity contribution is -0.143. The van der Waals surface area contributed by atoms with Gasteiger partial charge in [0.05, 0.1) is 17.6 Å². The topological polar surface area (TPSA) is 109 Å². The Labute approximate surface area is 160 Å². The first-order chi connectivity index (χ1) is 13.4. The number of hydrogen-bond acceptors (Lipinski definition) is 6. The molecule has 0 spiro atoms. The minimum atomic E-state index is -0.886. The van der Waals surface area contributed by atoms with Gasteiger partial charge in [0.2, 0.25) is 0 Å². The minimum Gasteiger partial charge on any atom is -0.733 e. The van der Waals surface area contributed by atoms with Crippen molar-refractivity contribution in [1.82, 2.24) is 4.57 Å². The average molecular weight is 382 g/mol. The predicted molar refractivity (Wildman–Crippen MR) is 102 cm³/mol. The van der Waals surface area contributed by atoms with Gasteiger partial charge in [0.15, 0.2) is 0 Å². The summed E-state index contributed by atoms with van der Waals surface area (Å²) in [7, 11) is 0. The number of carbonyl (C=O) groups is 1. The first-order valence-electron chi connectivity index (χ1n) is 9.42. The van der Waals surface area contributed by atoms with Crippen molar-refractivity contribution in [2.24, 2.45) is 11.8 Å². The van der Waals surface area contributed by atoms with Crippen molar-refractivity contribution in [1.29, 1.82) is 0 Å². The molecule has 0 unspecified atom stereocenters. The van der Waals surface area contributed by atoms with E-state index in [0.29, 0.717) is 13.1 Å². The Balaban J connectivity index is 1.65. The SMILES string of the molecule is O=C(O)[C@@H]1Cc2cc(N([O-])O)ccc2N2C[C@H]3C[C@H](c4cccc(=O)n4C3)[C@H]12. The number of carboxylic acid groups (broad SMARTS) is 1. The number of piperidine rings is 1. The number of anilines is 2. The Morgan fingerprint density at radius 3 is 2.79 bits per heavy atom. The molecule has 5 rings (SSSR count). The summed E-state index contributed by atoms with van der Waals surface area (Å²) in [5.41, 5.74) is 2.63. The molecule has 4 atom stereocenters. The first-order valence-corrected chi connectivity index (χ1v) is 9.42. The number of nitrogens with zero attached hydrogens (tertiary/aromatic N) is 3. The molecule has 0 saturated carbocycles. The molecule has 1 fully saturated rings. The summed E-state index contributed by atoms with van der Waals surface area (Å²) in [5, 5.41) is 30.2. The smallest absolute Gasteiger partial charge is 0.308 e. The summed E-state index contributed by atoms with van der Waals surface area (Å²) in [6.45, 7) is 1.29. The van der Waals surface area contributed by atoms with Crippen LogP contribution in [0.1, 0.15) is 23.6 Å². The molecule has 1 aromatic carbocycles. The second-order valence-corrected chi connectivity index (χ2v) is 7.99. The number of benzene rings is 1. The number of carboxylic acids is 1. The van der Waals surface area contributed by atoms with Crippen LogP contribution in [-0.2, 0) is 17.8 Å². The summed E-state index contributed by atoms with van der Waals surface area (Å²) in [6, 6.07) is 9.89. The van der Waals surface area contributed by atoms with Gasteiger partial charge in [-0.3, -0.25) is 14.8 Å². The molecule has 3 aliphatic heterocycles. The van der Waals surface area contributed by atoms with Crippen LogP contribution in [0.5, 0.6) is 0 Å². The number of fused-ring (bicyclic) bond motifs is 8. The highest BCUT2D eigenvalue weighted by Crippen LogP contribution is 2.48. The predicted octanol–water partition coefficient (Wildman–Crippen LogP) is 1.79. The highest BCUT2D eigenvalue weighted by molar-refractivity contribution is 5.76. The van der Waals surface area contributed by atoms with Crippen LogP contribution in [0.2, 0.25) is 0 Å². The normalized spacial score (nSPS) is 27.4. The van der Waals surface area contributed by atoms with E-state index in [4.69, 9.17) is 0 Å². The van der Waals surface area contributed by atoms with E-state index in [-0.39, 0.29) is 40.8 Å². The number of aromatic nitrogens is 1. The fourth-order valence-electron chi connectivity index (χ4n) is 5.41. The fourth-order valence-corrected chi connectivity index (χ4v) is 5.41. The lowest BCUT2D eigenvalue weighted by Crippen LogP contribution is -2.59. The highest BCUT2D eigenvalue weighted by Gasteiger charge is 2.49. The van der Waals surface area contributed by atoms with Crippen LogP contribution in [0.3, 0.4) is 0 Å². The number of rotatable bonds is 2. The van der Waals surface area contributed by atoms with Gasteiger partial charge in [-0.15, -0.1) is 0 Å². The standard InChI is InChI=1S/C20H20N3O5/c24-18-3-1-2-17-14-6-11(9-21(17)18)10-22-16-5-4-13(23(27)28)7-12(16)8-15(19(14)22)20(25)26/h1-5,7,11,14-15,19,27H,6,8-10H2,(H,25,26)/q-1/t11-,14+,15+,19+/m0/s1. The van der Waals surface area contributed by atoms with Gasteiger partial charge in [0, 0.05) is 36.5 Å². The molecule has 1 saturated heterocycles. The molecule has 0 radical (unpaired) electrons. The monoisotopic (exact) mass is 382 g/mol. The van der Waals surface area contributed by atoms with E-state index in [2.05, 4.69) is 4.90 Å². The number of pyridine rings is 1. The molecule has 0 amide bonds. The van der Waals surface area contributed by atoms with E-state index >= 15 is 0 Å². The Hall–Kier alpha value is -2.84. The molecular formula is C20H20N3O5-. The third-order valence-corrected chi connectivity index (χ3v) is 6.48. The lowest BCUT2D eigenvalue weighted by Gasteiger charge is -2.54. The molecule has 4 heterocycles. The summed E-state index contributed by atoms with van der Waals surface area (Å²) < 4.78 is 1.80. The Bertz CT molecular complexity index is 1020. The summed E-state index contributed by atoms with van der Waals surface area (Å²) in [6.07, 6.45) is 1.15. The molecule has 1 aromatic heterocycles. The van der Waals surface area contributed by atoms with Crippen LogP contribution in [0, 0.1) is 17.0 Å². The second-order valence-electron chi connectivity index (χ2n) is 7.99. The van der Waals surface area contributed by atoms with Gasteiger partial charge in [-0.25, -0.2) is 0 Å². The zero-order chi connectivity index (χ0) is 19.6. The van der Waals surface area contributed by atoms with Crippen molar-refractivity contribution < 1.29 is 15.1 Å². The Morgan fingerprint density at radius 2 is 2.04 bits per heavy atom. The van der Waals surface area contributed by atoms with Crippen LogP contribution in [0.4, 0.5) is 11.4 Å². The second kappa shape index (κ2) is 6.08. The van der Waals surface area contributed by atoms with Gasteiger partial charge in [-0.1, -0.05) is 6.07 Å². The van der Waals surface area contributed by atoms with Crippen LogP contribution in [-0.4, -0.2) is 33.4 Å². The van der Waals surface area contributed by atoms with Crippen molar-refractivity contribution >= 4 is 17.3 Å². The van der Waals surface area contributed by atoms with Crippen molar-refractivity contribution in [3.8, 4) is 0 Å². The van der Waals surface area contributed by atoms with Crippen molar-refractivity contribution in [2.45, 2.75) is 31.3 Å². The molecule has 0 aliphatic carbocycles. The van der Waals surface area contributed by atoms with Crippen molar-refractivity contribution in [3.63, 3.8) is 0 Å². The van der Waals surface area contributed by atoms with Gasteiger partial charge in [-0.2, -0.15) is 0 Å². The zero-order valence-corrected chi connectivity index (χ0v) is 15.1. The van der Waals surface area contributed by atoms with Gasteiger partial charge in [0.25, 0.3) is 5.56 Å². The molecule has 2 aromatic rings. The van der Waals surface area contributed by atoms with E-state index in [0.717, 1.165) is 23.4 Å². The van der Waals surface area contributed by atoms with E-state index in [1.54, 1.807) is 34.9 Å². The molecule has 3 aliphatic rings. The van der Waals surface area contributed by atoms with Crippen LogP contribution in [0.15, 0.2) is 41.2 Å². The van der Waals surface area contributed by atoms with Gasteiger partial charge in [0.1, 0.15) is 0 Å². The summed E-state index contributed by atoms with van der Waals surface area (Å²) in [4.78, 5) is 26.7. The van der Waals surface area contributed by atoms with E-state index in [1.807, 2.05) is 6.07 Å². The minimum absolute atomic E-state index is 0.0353. The quantitative estimate of drug-likeness (QED) is 0.762. The molecule has 28 heavy (non-hydrogen) atoms. The van der Waals surface area contributed by atoms with Crippen LogP contribution < -0.4 is 15.7 Å². The summed E-state index contributed by atoms with van der Waals surface area (Å²) >= 11 is 0. The highest BCUT2D eigenvalue weighted by atomic mass is 16.8. The van der Waals surface area contributed by atoms with E-state index in [9.17, 15) is 25.1 Å². The molecule has 8 nitrogen and oxygen atoms in total. The van der Waals surface area contributed by atoms with Crippen LogP contribution in [0.25, 0.3) is 0 Å². The van der Waals surface area contributed by atoms with Gasteiger partial charge in [-0.05, 0) is 48.6 Å². The van der Waals surface area contributed by atoms with Crippen LogP contribution >= 0.6 is 0 Å². The largest absolute Gasteiger partial charge is 0.733 e. The average Bonchev–Trinajstić information content (AvgIpc) is 2.67. The van der Waals surface area contributed by atoms with E-state index < -0.39 is 11.9 Å². The number of aliphatic carboxylic acids is 1. The molecule has 2 bridgehead atoms. The maximum Gasteiger partial charge on any atom is 0.308 e. The van der Waals surface area contributed by atoms with E-state index in [1.165, 1.54) is 0 Å². The molecule has 146 valence electrons. The third kappa shape index (κ3) is 2.45. The first kappa shape index (κ1) is 17.3. The molecule has 8 heteroatoms. The third-order valence-electron chi connectivity index (χ3n) is 6.48. The summed E-state index contributed by atoms with van der Waals surface area (Å²) in [5.74, 6) is -1.33. The van der Waals surface area contributed by atoms with Gasteiger partial charge >= 0.3 is 5.97 Å². The Morgan fingerprint density at radius 1 is 1.21 bits per heavy atom. The number of hydrogen-bond donors (Lipinski definition) is 2. The van der Waals surface area contributed by atoms with Gasteiger partial charge < -0.3 is 25.0 Å².